The number of aryl methyl sites for hydroxylation is 1. The monoisotopic (exact) mass is 397 g/mol. The maximum absolute atomic E-state index is 13.1. The maximum Gasteiger partial charge on any atom is 0.228 e. The minimum absolute atomic E-state index is 0.0208. The molecule has 28 heavy (non-hydrogen) atoms. The molecule has 6 heteroatoms. The summed E-state index contributed by atoms with van der Waals surface area (Å²) in [4.78, 5) is 12.7. The molecule has 3 aromatic rings. The second-order valence-corrected chi connectivity index (χ2v) is 7.76. The molecule has 1 aliphatic carbocycles. The lowest BCUT2D eigenvalue weighted by atomic mass is 10.1. The van der Waals surface area contributed by atoms with Crippen LogP contribution in [0.1, 0.15) is 34.9 Å². The fourth-order valence-electron chi connectivity index (χ4n) is 3.57. The number of aromatic nitrogens is 2. The van der Waals surface area contributed by atoms with Gasteiger partial charge in [-0.1, -0.05) is 35.9 Å². The fraction of sp³-hybridized carbons (Fsp3) is 0.273. The van der Waals surface area contributed by atoms with E-state index >= 15 is 0 Å². The number of nitrogens with one attached hydrogen (secondary N) is 1. The molecule has 2 atom stereocenters. The summed E-state index contributed by atoms with van der Waals surface area (Å²) < 4.78 is 14.9. The van der Waals surface area contributed by atoms with Crippen LogP contribution in [-0.4, -0.2) is 15.7 Å². The maximum atomic E-state index is 13.1. The Hall–Kier alpha value is -2.66. The van der Waals surface area contributed by atoms with Gasteiger partial charge in [0.25, 0.3) is 0 Å². The molecule has 2 aromatic carbocycles. The van der Waals surface area contributed by atoms with Gasteiger partial charge in [0.1, 0.15) is 5.82 Å². The highest BCUT2D eigenvalue weighted by atomic mass is 35.5. The molecule has 1 saturated carbocycles. The second-order valence-electron chi connectivity index (χ2n) is 7.32. The standard InChI is InChI=1S/C22H21ClFN3O/c1-13-21(14(2)27(26-13)12-15-3-9-18(24)10-4-15)25-22(28)20-11-19(20)16-5-7-17(23)8-6-16/h3-10,19-20H,11-12H2,1-2H3,(H,25,28). The van der Waals surface area contributed by atoms with Crippen molar-refractivity contribution in [3.8, 4) is 0 Å². The Labute approximate surface area is 168 Å². The summed E-state index contributed by atoms with van der Waals surface area (Å²) in [5.74, 6) is -0.0233. The Balaban J connectivity index is 1.45. The number of amides is 1. The first-order valence-corrected chi connectivity index (χ1v) is 9.65. The van der Waals surface area contributed by atoms with Crippen LogP contribution >= 0.6 is 11.6 Å². The number of nitrogens with zero attached hydrogens (tertiary/aromatic N) is 2. The lowest BCUT2D eigenvalue weighted by Crippen LogP contribution is -2.16. The Morgan fingerprint density at radius 3 is 2.54 bits per heavy atom. The minimum atomic E-state index is -0.259. The smallest absolute Gasteiger partial charge is 0.228 e. The average molecular weight is 398 g/mol. The second kappa shape index (κ2) is 7.40. The normalized spacial score (nSPS) is 18.1. The molecule has 144 valence electrons. The molecule has 1 fully saturated rings. The predicted molar refractivity (Wildman–Crippen MR) is 108 cm³/mol. The van der Waals surface area contributed by atoms with Crippen molar-refractivity contribution in [3.05, 3.63) is 81.9 Å². The van der Waals surface area contributed by atoms with Crippen LogP contribution in [0.2, 0.25) is 5.02 Å². The molecule has 0 spiro atoms. The Morgan fingerprint density at radius 2 is 1.86 bits per heavy atom. The van der Waals surface area contributed by atoms with E-state index in [1.165, 1.54) is 12.1 Å². The first-order valence-electron chi connectivity index (χ1n) is 9.27. The van der Waals surface area contributed by atoms with Crippen LogP contribution in [0, 0.1) is 25.6 Å². The zero-order chi connectivity index (χ0) is 19.8. The molecule has 0 bridgehead atoms. The van der Waals surface area contributed by atoms with Crippen LogP contribution in [0.15, 0.2) is 48.5 Å². The van der Waals surface area contributed by atoms with E-state index in [2.05, 4.69) is 10.4 Å². The summed E-state index contributed by atoms with van der Waals surface area (Å²) in [7, 11) is 0. The van der Waals surface area contributed by atoms with E-state index in [-0.39, 0.29) is 23.6 Å². The van der Waals surface area contributed by atoms with Crippen molar-refractivity contribution in [2.75, 3.05) is 5.32 Å². The molecule has 2 unspecified atom stereocenters. The van der Waals surface area contributed by atoms with Gasteiger partial charge in [-0.2, -0.15) is 5.10 Å². The summed E-state index contributed by atoms with van der Waals surface area (Å²) in [6, 6.07) is 14.0. The van der Waals surface area contributed by atoms with E-state index in [1.54, 1.807) is 12.1 Å². The third kappa shape index (κ3) is 3.80. The summed E-state index contributed by atoms with van der Waals surface area (Å²) >= 11 is 5.94. The lowest BCUT2D eigenvalue weighted by molar-refractivity contribution is -0.117. The molecule has 4 nitrogen and oxygen atoms in total. The predicted octanol–water partition coefficient (Wildman–Crippen LogP) is 5.08. The van der Waals surface area contributed by atoms with Crippen molar-refractivity contribution in [2.24, 2.45) is 5.92 Å². The van der Waals surface area contributed by atoms with Crippen molar-refractivity contribution in [1.82, 2.24) is 9.78 Å². The van der Waals surface area contributed by atoms with E-state index in [0.717, 1.165) is 34.6 Å². The van der Waals surface area contributed by atoms with Gasteiger partial charge < -0.3 is 5.32 Å². The van der Waals surface area contributed by atoms with Crippen molar-refractivity contribution in [2.45, 2.75) is 32.7 Å². The summed E-state index contributed by atoms with van der Waals surface area (Å²) in [6.45, 7) is 4.34. The zero-order valence-corrected chi connectivity index (χ0v) is 16.5. The van der Waals surface area contributed by atoms with Gasteiger partial charge in [0, 0.05) is 10.9 Å². The van der Waals surface area contributed by atoms with Gasteiger partial charge in [0.05, 0.1) is 23.6 Å². The third-order valence-electron chi connectivity index (χ3n) is 5.30. The Bertz CT molecular complexity index is 1010. The first kappa shape index (κ1) is 18.7. The van der Waals surface area contributed by atoms with Crippen molar-refractivity contribution < 1.29 is 9.18 Å². The first-order chi connectivity index (χ1) is 13.4. The van der Waals surface area contributed by atoms with Gasteiger partial charge in [-0.25, -0.2) is 4.39 Å². The SMILES string of the molecule is Cc1nn(Cc2ccc(F)cc2)c(C)c1NC(=O)C1CC1c1ccc(Cl)cc1. The van der Waals surface area contributed by atoms with Crippen molar-refractivity contribution >= 4 is 23.2 Å². The molecule has 1 N–H and O–H groups in total. The van der Waals surface area contributed by atoms with Gasteiger partial charge in [-0.15, -0.1) is 0 Å². The number of halogens is 2. The number of carbonyl (C=O) groups excluding carboxylic acids is 1. The lowest BCUT2D eigenvalue weighted by Gasteiger charge is -2.08. The van der Waals surface area contributed by atoms with Gasteiger partial charge in [-0.3, -0.25) is 9.48 Å². The molecular formula is C22H21ClFN3O. The minimum Gasteiger partial charge on any atom is -0.323 e. The number of benzene rings is 2. The summed E-state index contributed by atoms with van der Waals surface area (Å²) in [6.07, 6.45) is 0.843. The topological polar surface area (TPSA) is 46.9 Å². The quantitative estimate of drug-likeness (QED) is 0.652. The van der Waals surface area contributed by atoms with Crippen LogP contribution in [0.25, 0.3) is 0 Å². The summed E-state index contributed by atoms with van der Waals surface area (Å²) in [5.41, 5.74) is 4.52. The molecular weight excluding hydrogens is 377 g/mol. The Kier molecular flexibility index (Phi) is 4.94. The van der Waals surface area contributed by atoms with Crippen molar-refractivity contribution in [1.29, 1.82) is 0 Å². The van der Waals surface area contributed by atoms with Crippen LogP contribution in [0.4, 0.5) is 10.1 Å². The number of hydrogen-bond acceptors (Lipinski definition) is 2. The van der Waals surface area contributed by atoms with Gasteiger partial charge in [0.2, 0.25) is 5.91 Å². The number of carbonyl (C=O) groups is 1. The zero-order valence-electron chi connectivity index (χ0n) is 15.7. The van der Waals surface area contributed by atoms with E-state index in [1.807, 2.05) is 42.8 Å². The van der Waals surface area contributed by atoms with E-state index in [4.69, 9.17) is 11.6 Å². The van der Waals surface area contributed by atoms with Gasteiger partial charge >= 0.3 is 0 Å². The van der Waals surface area contributed by atoms with Gasteiger partial charge in [0.15, 0.2) is 0 Å². The number of hydrogen-bond donors (Lipinski definition) is 1. The Morgan fingerprint density at radius 1 is 1.18 bits per heavy atom. The van der Waals surface area contributed by atoms with Crippen LogP contribution in [-0.2, 0) is 11.3 Å². The molecule has 0 radical (unpaired) electrons. The van der Waals surface area contributed by atoms with E-state index in [9.17, 15) is 9.18 Å². The van der Waals surface area contributed by atoms with Gasteiger partial charge in [-0.05, 0) is 61.6 Å². The number of rotatable bonds is 5. The largest absolute Gasteiger partial charge is 0.323 e. The summed E-state index contributed by atoms with van der Waals surface area (Å²) in [5, 5.41) is 8.30. The fourth-order valence-corrected chi connectivity index (χ4v) is 3.70. The molecule has 1 amide bonds. The van der Waals surface area contributed by atoms with E-state index < -0.39 is 0 Å². The highest BCUT2D eigenvalue weighted by Crippen LogP contribution is 2.48. The molecule has 1 aromatic heterocycles. The average Bonchev–Trinajstić information content (AvgIpc) is 3.43. The highest BCUT2D eigenvalue weighted by Gasteiger charge is 2.44. The van der Waals surface area contributed by atoms with Crippen LogP contribution < -0.4 is 5.32 Å². The molecule has 0 aliphatic heterocycles. The highest BCUT2D eigenvalue weighted by molar-refractivity contribution is 6.30. The molecule has 0 saturated heterocycles. The van der Waals surface area contributed by atoms with E-state index in [0.29, 0.717) is 11.6 Å². The third-order valence-corrected chi connectivity index (χ3v) is 5.55. The molecule has 1 aliphatic rings. The van der Waals surface area contributed by atoms with Crippen molar-refractivity contribution in [3.63, 3.8) is 0 Å². The molecule has 1 heterocycles. The number of anilines is 1. The van der Waals surface area contributed by atoms with Crippen LogP contribution in [0.5, 0.6) is 0 Å². The molecule has 4 rings (SSSR count). The van der Waals surface area contributed by atoms with Crippen LogP contribution in [0.3, 0.4) is 0 Å².